The molecule has 1 N–H and O–H groups in total. The lowest BCUT2D eigenvalue weighted by Crippen LogP contribution is -2.08. The number of aromatic nitrogens is 3. The van der Waals surface area contributed by atoms with E-state index in [2.05, 4.69) is 17.2 Å². The van der Waals surface area contributed by atoms with Crippen molar-refractivity contribution < 1.29 is 14.6 Å². The monoisotopic (exact) mass is 319 g/mol. The van der Waals surface area contributed by atoms with Gasteiger partial charge >= 0.3 is 0 Å². The smallest absolute Gasteiger partial charge is 0.119 e. The molecular weight excluding hydrogens is 294 g/mol. The lowest BCUT2D eigenvalue weighted by Gasteiger charge is -2.09. The van der Waals surface area contributed by atoms with Crippen LogP contribution in [0.2, 0.25) is 0 Å². The molecule has 0 fully saturated rings. The zero-order chi connectivity index (χ0) is 16.5. The summed E-state index contributed by atoms with van der Waals surface area (Å²) in [5, 5.41) is 17.6. The maximum Gasteiger partial charge on any atom is 0.119 e. The second-order valence-electron chi connectivity index (χ2n) is 5.35. The van der Waals surface area contributed by atoms with Crippen molar-refractivity contribution in [2.24, 2.45) is 0 Å². The summed E-state index contributed by atoms with van der Waals surface area (Å²) in [5.41, 5.74) is 1.69. The zero-order valence-corrected chi connectivity index (χ0v) is 13.9. The van der Waals surface area contributed by atoms with Crippen LogP contribution in [-0.2, 0) is 19.6 Å². The van der Waals surface area contributed by atoms with E-state index in [4.69, 9.17) is 9.47 Å². The average Bonchev–Trinajstić information content (AvgIpc) is 2.99. The topological polar surface area (TPSA) is 69.4 Å². The normalized spacial score (nSPS) is 10.7. The Morgan fingerprint density at radius 1 is 1.13 bits per heavy atom. The molecule has 0 atom stereocenters. The fraction of sp³-hybridized carbons (Fsp3) is 0.529. The van der Waals surface area contributed by atoms with Gasteiger partial charge in [0.25, 0.3) is 0 Å². The van der Waals surface area contributed by atoms with Crippen molar-refractivity contribution in [1.82, 2.24) is 15.0 Å². The van der Waals surface area contributed by atoms with E-state index in [1.165, 1.54) is 0 Å². The van der Waals surface area contributed by atoms with Crippen molar-refractivity contribution in [3.63, 3.8) is 0 Å². The highest BCUT2D eigenvalue weighted by Crippen LogP contribution is 2.17. The molecule has 6 nitrogen and oxygen atoms in total. The van der Waals surface area contributed by atoms with Crippen LogP contribution in [0.25, 0.3) is 0 Å². The Morgan fingerprint density at radius 3 is 2.52 bits per heavy atom. The Morgan fingerprint density at radius 2 is 1.87 bits per heavy atom. The van der Waals surface area contributed by atoms with Gasteiger partial charge in [-0.2, -0.15) is 0 Å². The quantitative estimate of drug-likeness (QED) is 0.682. The van der Waals surface area contributed by atoms with Crippen LogP contribution in [0.4, 0.5) is 0 Å². The Labute approximate surface area is 137 Å². The molecule has 0 amide bonds. The third-order valence-corrected chi connectivity index (χ3v) is 3.68. The number of benzene rings is 1. The van der Waals surface area contributed by atoms with Crippen molar-refractivity contribution in [1.29, 1.82) is 0 Å². The summed E-state index contributed by atoms with van der Waals surface area (Å²) in [6.07, 6.45) is 3.80. The van der Waals surface area contributed by atoms with E-state index in [0.717, 1.165) is 49.4 Å². The summed E-state index contributed by atoms with van der Waals surface area (Å²) in [7, 11) is 1.64. The van der Waals surface area contributed by atoms with Gasteiger partial charge in [0.15, 0.2) is 0 Å². The van der Waals surface area contributed by atoms with Gasteiger partial charge in [-0.15, -0.1) is 5.10 Å². The molecule has 0 unspecified atom stereocenters. The van der Waals surface area contributed by atoms with Crippen LogP contribution < -0.4 is 9.47 Å². The van der Waals surface area contributed by atoms with Gasteiger partial charge in [0, 0.05) is 6.54 Å². The molecule has 1 aromatic heterocycles. The number of ether oxygens (including phenoxy) is 2. The summed E-state index contributed by atoms with van der Waals surface area (Å²) >= 11 is 0. The Kier molecular flexibility index (Phi) is 6.87. The van der Waals surface area contributed by atoms with Gasteiger partial charge in [-0.1, -0.05) is 18.6 Å². The van der Waals surface area contributed by atoms with Gasteiger partial charge in [-0.3, -0.25) is 0 Å². The van der Waals surface area contributed by atoms with Gasteiger partial charge in [-0.25, -0.2) is 4.68 Å². The Hall–Kier alpha value is -2.08. The lowest BCUT2D eigenvalue weighted by molar-refractivity contribution is 0.274. The first-order valence-corrected chi connectivity index (χ1v) is 8.07. The van der Waals surface area contributed by atoms with Crippen molar-refractivity contribution in [2.45, 2.75) is 45.8 Å². The van der Waals surface area contributed by atoms with Crippen LogP contribution in [0.3, 0.4) is 0 Å². The Balaban J connectivity index is 1.84. The summed E-state index contributed by atoms with van der Waals surface area (Å²) in [5.74, 6) is 1.64. The summed E-state index contributed by atoms with van der Waals surface area (Å²) in [6.45, 7) is 3.53. The first-order chi connectivity index (χ1) is 11.3. The molecule has 0 saturated carbocycles. The Bertz CT molecular complexity index is 581. The SMILES string of the molecule is CCCCn1nnc(CO)c1CCCOc1ccc(OC)cc1. The van der Waals surface area contributed by atoms with Crippen LogP contribution in [-0.4, -0.2) is 33.8 Å². The van der Waals surface area contributed by atoms with E-state index in [1.807, 2.05) is 28.9 Å². The molecule has 0 aliphatic rings. The molecule has 0 saturated heterocycles. The molecule has 1 heterocycles. The van der Waals surface area contributed by atoms with Crippen molar-refractivity contribution in [2.75, 3.05) is 13.7 Å². The highest BCUT2D eigenvalue weighted by Gasteiger charge is 2.11. The van der Waals surface area contributed by atoms with Gasteiger partial charge < -0.3 is 14.6 Å². The fourth-order valence-electron chi connectivity index (χ4n) is 2.35. The van der Waals surface area contributed by atoms with Gasteiger partial charge in [0.2, 0.25) is 0 Å². The molecule has 0 aliphatic heterocycles. The highest BCUT2D eigenvalue weighted by molar-refractivity contribution is 5.31. The highest BCUT2D eigenvalue weighted by atomic mass is 16.5. The number of hydrogen-bond acceptors (Lipinski definition) is 5. The van der Waals surface area contributed by atoms with Crippen molar-refractivity contribution >= 4 is 0 Å². The predicted octanol–water partition coefficient (Wildman–Crippen LogP) is 2.59. The summed E-state index contributed by atoms with van der Waals surface area (Å²) in [6, 6.07) is 7.54. The molecule has 23 heavy (non-hydrogen) atoms. The number of rotatable bonds is 10. The molecule has 0 spiro atoms. The number of aliphatic hydroxyl groups is 1. The minimum absolute atomic E-state index is 0.0687. The molecule has 2 aromatic rings. The molecule has 0 bridgehead atoms. The molecule has 6 heteroatoms. The van der Waals surface area contributed by atoms with E-state index in [1.54, 1.807) is 7.11 Å². The van der Waals surface area contributed by atoms with Gasteiger partial charge in [0.05, 0.1) is 26.0 Å². The summed E-state index contributed by atoms with van der Waals surface area (Å²) in [4.78, 5) is 0. The maximum atomic E-state index is 9.38. The third kappa shape index (κ3) is 4.96. The number of unbranched alkanes of at least 4 members (excludes halogenated alkanes) is 1. The second-order valence-corrected chi connectivity index (χ2v) is 5.35. The third-order valence-electron chi connectivity index (χ3n) is 3.68. The second kappa shape index (κ2) is 9.15. The van der Waals surface area contributed by atoms with E-state index in [9.17, 15) is 5.11 Å². The first kappa shape index (κ1) is 17.3. The van der Waals surface area contributed by atoms with Crippen LogP contribution >= 0.6 is 0 Å². The first-order valence-electron chi connectivity index (χ1n) is 8.07. The predicted molar refractivity (Wildman–Crippen MR) is 87.7 cm³/mol. The van der Waals surface area contributed by atoms with E-state index < -0.39 is 0 Å². The van der Waals surface area contributed by atoms with Crippen LogP contribution in [0, 0.1) is 0 Å². The average molecular weight is 319 g/mol. The number of nitrogens with zero attached hydrogens (tertiary/aromatic N) is 3. The molecule has 1 aromatic carbocycles. The minimum Gasteiger partial charge on any atom is -0.497 e. The van der Waals surface area contributed by atoms with E-state index >= 15 is 0 Å². The van der Waals surface area contributed by atoms with Crippen molar-refractivity contribution in [3.8, 4) is 11.5 Å². The zero-order valence-electron chi connectivity index (χ0n) is 13.9. The van der Waals surface area contributed by atoms with Gasteiger partial charge in [0.1, 0.15) is 17.2 Å². The number of aliphatic hydroxyl groups excluding tert-OH is 1. The van der Waals surface area contributed by atoms with Crippen LogP contribution in [0.15, 0.2) is 24.3 Å². The molecular formula is C17H25N3O3. The summed E-state index contributed by atoms with van der Waals surface area (Å²) < 4.78 is 12.8. The lowest BCUT2D eigenvalue weighted by atomic mass is 10.2. The van der Waals surface area contributed by atoms with Crippen LogP contribution in [0.1, 0.15) is 37.6 Å². The fourth-order valence-corrected chi connectivity index (χ4v) is 2.35. The largest absolute Gasteiger partial charge is 0.497 e. The number of aryl methyl sites for hydroxylation is 1. The number of methoxy groups -OCH3 is 1. The molecule has 0 aliphatic carbocycles. The van der Waals surface area contributed by atoms with E-state index in [-0.39, 0.29) is 6.61 Å². The standard InChI is InChI=1S/C17H25N3O3/c1-3-4-11-20-17(16(13-21)18-19-20)6-5-12-23-15-9-7-14(22-2)8-10-15/h7-10,21H,3-6,11-13H2,1-2H3. The minimum atomic E-state index is -0.0687. The van der Waals surface area contributed by atoms with Gasteiger partial charge in [-0.05, 0) is 43.5 Å². The molecule has 126 valence electrons. The van der Waals surface area contributed by atoms with Crippen molar-refractivity contribution in [3.05, 3.63) is 35.7 Å². The number of hydrogen-bond donors (Lipinski definition) is 1. The molecule has 0 radical (unpaired) electrons. The maximum absolute atomic E-state index is 9.38. The molecule has 2 rings (SSSR count). The van der Waals surface area contributed by atoms with E-state index in [0.29, 0.717) is 12.3 Å². The van der Waals surface area contributed by atoms with Crippen LogP contribution in [0.5, 0.6) is 11.5 Å².